The Morgan fingerprint density at radius 2 is 1.89 bits per heavy atom. The van der Waals surface area contributed by atoms with Gasteiger partial charge in [-0.25, -0.2) is 8.78 Å². The van der Waals surface area contributed by atoms with Gasteiger partial charge >= 0.3 is 0 Å². The molecular weight excluding hydrogens is 592 g/mol. The summed E-state index contributed by atoms with van der Waals surface area (Å²) in [5.41, 5.74) is 6.62. The molecule has 0 radical (unpaired) electrons. The number of allylic oxidation sites excluding steroid dienone is 1. The summed E-state index contributed by atoms with van der Waals surface area (Å²) in [6.45, 7) is 4.65. The summed E-state index contributed by atoms with van der Waals surface area (Å²) in [5, 5.41) is 9.43. The molecule has 2 atom stereocenters. The molecule has 3 aromatic heterocycles. The van der Waals surface area contributed by atoms with Gasteiger partial charge in [-0.1, -0.05) is 48.4 Å². The van der Waals surface area contributed by atoms with Gasteiger partial charge in [0, 0.05) is 54.3 Å². The molecule has 8 nitrogen and oxygen atoms in total. The fraction of sp³-hybridized carbons (Fsp3) is 0.265. The van der Waals surface area contributed by atoms with E-state index >= 15 is 0 Å². The van der Waals surface area contributed by atoms with E-state index in [0.717, 1.165) is 66.6 Å². The van der Waals surface area contributed by atoms with Gasteiger partial charge in [-0.2, -0.15) is 10.2 Å². The van der Waals surface area contributed by atoms with Crippen LogP contribution in [0.25, 0.3) is 28.5 Å². The van der Waals surface area contributed by atoms with E-state index in [1.807, 2.05) is 52.3 Å². The maximum absolute atomic E-state index is 14.7. The molecule has 1 fully saturated rings. The molecule has 2 aliphatic rings. The number of ether oxygens (including phenoxy) is 1. The van der Waals surface area contributed by atoms with Crippen LogP contribution in [0.3, 0.4) is 0 Å². The molecule has 11 heteroatoms. The summed E-state index contributed by atoms with van der Waals surface area (Å²) < 4.78 is 41.3. The highest BCUT2D eigenvalue weighted by molar-refractivity contribution is 7.99. The number of nitrogens with zero attached hydrogens (tertiary/aromatic N) is 6. The summed E-state index contributed by atoms with van der Waals surface area (Å²) in [4.78, 5) is 6.51. The average molecular weight is 626 g/mol. The van der Waals surface area contributed by atoms with E-state index in [4.69, 9.17) is 14.9 Å². The SMILES string of the molecule is CSNc1cc(-c2cnn3c2C=CC(c2cnn(CC4COCCN4Cc4ccccc4)c2)C3)cc(-c2ncc(F)cc2F)c1. The topological polar surface area (TPSA) is 73.0 Å². The molecule has 0 saturated carbocycles. The van der Waals surface area contributed by atoms with Gasteiger partial charge in [0.1, 0.15) is 11.5 Å². The highest BCUT2D eigenvalue weighted by Crippen LogP contribution is 2.36. The molecule has 7 rings (SSSR count). The van der Waals surface area contributed by atoms with Gasteiger partial charge in [0.15, 0.2) is 5.82 Å². The maximum atomic E-state index is 14.7. The van der Waals surface area contributed by atoms with Gasteiger partial charge in [0.25, 0.3) is 0 Å². The van der Waals surface area contributed by atoms with E-state index < -0.39 is 11.6 Å². The molecule has 2 aromatic carbocycles. The minimum Gasteiger partial charge on any atom is -0.378 e. The Labute approximate surface area is 264 Å². The van der Waals surface area contributed by atoms with E-state index in [0.29, 0.717) is 18.7 Å². The largest absolute Gasteiger partial charge is 0.378 e. The first-order valence-electron chi connectivity index (χ1n) is 14.9. The Hall–Kier alpha value is -4.32. The van der Waals surface area contributed by atoms with Gasteiger partial charge in [0.05, 0.1) is 56.6 Å². The van der Waals surface area contributed by atoms with E-state index in [9.17, 15) is 8.78 Å². The number of hydrogen-bond donors (Lipinski definition) is 1. The minimum absolute atomic E-state index is 0.0963. The number of rotatable bonds is 9. The number of nitrogens with one attached hydrogen (secondary N) is 1. The maximum Gasteiger partial charge on any atom is 0.152 e. The lowest BCUT2D eigenvalue weighted by atomic mass is 9.96. The second-order valence-electron chi connectivity index (χ2n) is 11.4. The fourth-order valence-electron chi connectivity index (χ4n) is 6.10. The van der Waals surface area contributed by atoms with Crippen LogP contribution in [-0.4, -0.2) is 61.5 Å². The standard InChI is InChI=1S/C34H33F2N7OS/c1-45-40-29-12-25(11-26(13-29)34-32(36)14-28(35)16-37-34)31-17-39-43-20-24(7-8-33(31)43)27-15-38-42(19-27)21-30-22-44-10-9-41(30)18-23-5-3-2-4-6-23/h2-8,11-17,19,24,30,40H,9-10,18,20-22H2,1H3. The van der Waals surface area contributed by atoms with E-state index in [1.165, 1.54) is 17.5 Å². The first-order chi connectivity index (χ1) is 22.0. The van der Waals surface area contributed by atoms with Crippen LogP contribution in [0, 0.1) is 11.6 Å². The summed E-state index contributed by atoms with van der Waals surface area (Å²) >= 11 is 1.43. The molecule has 0 spiro atoms. The normalized spacial score (nSPS) is 18.2. The van der Waals surface area contributed by atoms with Gasteiger partial charge in [-0.3, -0.25) is 19.2 Å². The van der Waals surface area contributed by atoms with Crippen molar-refractivity contribution in [2.45, 2.75) is 31.6 Å². The minimum atomic E-state index is -0.709. The molecule has 1 N–H and O–H groups in total. The van der Waals surface area contributed by atoms with Crippen LogP contribution in [-0.2, 0) is 24.4 Å². The highest BCUT2D eigenvalue weighted by Gasteiger charge is 2.25. The summed E-state index contributed by atoms with van der Waals surface area (Å²) in [7, 11) is 0. The molecule has 230 valence electrons. The number of fused-ring (bicyclic) bond motifs is 1. The van der Waals surface area contributed by atoms with Crippen LogP contribution in [0.15, 0.2) is 85.5 Å². The van der Waals surface area contributed by atoms with Gasteiger partial charge in [-0.05, 0) is 41.0 Å². The molecule has 0 bridgehead atoms. The van der Waals surface area contributed by atoms with E-state index in [2.05, 4.69) is 57.2 Å². The molecule has 0 amide bonds. The van der Waals surface area contributed by atoms with Gasteiger partial charge in [-0.15, -0.1) is 0 Å². The first-order valence-corrected chi connectivity index (χ1v) is 16.1. The van der Waals surface area contributed by atoms with Gasteiger partial charge < -0.3 is 9.46 Å². The van der Waals surface area contributed by atoms with Crippen molar-refractivity contribution in [3.8, 4) is 22.4 Å². The van der Waals surface area contributed by atoms with Crippen molar-refractivity contribution >= 4 is 23.7 Å². The molecule has 2 unspecified atom stereocenters. The molecule has 5 heterocycles. The zero-order valence-corrected chi connectivity index (χ0v) is 25.6. The second-order valence-corrected chi connectivity index (χ2v) is 12.0. The Morgan fingerprint density at radius 1 is 1.02 bits per heavy atom. The molecule has 2 aliphatic heterocycles. The Balaban J connectivity index is 1.09. The monoisotopic (exact) mass is 625 g/mol. The Morgan fingerprint density at radius 3 is 2.73 bits per heavy atom. The van der Waals surface area contributed by atoms with Crippen molar-refractivity contribution in [2.24, 2.45) is 0 Å². The predicted molar refractivity (Wildman–Crippen MR) is 173 cm³/mol. The number of anilines is 1. The van der Waals surface area contributed by atoms with Crippen LogP contribution in [0.4, 0.5) is 14.5 Å². The molecule has 45 heavy (non-hydrogen) atoms. The third-order valence-electron chi connectivity index (χ3n) is 8.34. The lowest BCUT2D eigenvalue weighted by Gasteiger charge is -2.35. The lowest BCUT2D eigenvalue weighted by molar-refractivity contribution is -0.0187. The van der Waals surface area contributed by atoms with E-state index in [1.54, 1.807) is 0 Å². The van der Waals surface area contributed by atoms with Crippen molar-refractivity contribution in [3.63, 3.8) is 0 Å². The van der Waals surface area contributed by atoms with Crippen molar-refractivity contribution < 1.29 is 13.5 Å². The third-order valence-corrected chi connectivity index (χ3v) is 8.78. The van der Waals surface area contributed by atoms with Crippen molar-refractivity contribution in [1.82, 2.24) is 29.4 Å². The van der Waals surface area contributed by atoms with Crippen LogP contribution >= 0.6 is 11.9 Å². The quantitative estimate of drug-likeness (QED) is 0.188. The number of pyridine rings is 1. The zero-order chi connectivity index (χ0) is 30.8. The van der Waals surface area contributed by atoms with Crippen molar-refractivity contribution in [3.05, 3.63) is 114 Å². The highest BCUT2D eigenvalue weighted by atomic mass is 32.2. The summed E-state index contributed by atoms with van der Waals surface area (Å²) in [5.74, 6) is -1.29. The van der Waals surface area contributed by atoms with Crippen LogP contribution < -0.4 is 4.72 Å². The van der Waals surface area contributed by atoms with Crippen LogP contribution in [0.2, 0.25) is 0 Å². The fourth-order valence-corrected chi connectivity index (χ4v) is 6.46. The molecule has 5 aromatic rings. The number of morpholine rings is 1. The molecule has 0 aliphatic carbocycles. The first kappa shape index (κ1) is 29.4. The smallest absolute Gasteiger partial charge is 0.152 e. The number of benzene rings is 2. The van der Waals surface area contributed by atoms with Crippen molar-refractivity contribution in [2.75, 3.05) is 30.7 Å². The molecular formula is C34H33F2N7OS. The Bertz CT molecular complexity index is 1820. The Kier molecular flexibility index (Phi) is 8.47. The second kappa shape index (κ2) is 13.0. The lowest BCUT2D eigenvalue weighted by Crippen LogP contribution is -2.47. The van der Waals surface area contributed by atoms with Crippen LogP contribution in [0.1, 0.15) is 22.7 Å². The van der Waals surface area contributed by atoms with E-state index in [-0.39, 0.29) is 17.7 Å². The summed E-state index contributed by atoms with van der Waals surface area (Å²) in [6.07, 6.45) is 13.2. The third kappa shape index (κ3) is 6.42. The van der Waals surface area contributed by atoms with Gasteiger partial charge in [0.2, 0.25) is 0 Å². The molecule has 1 saturated heterocycles. The predicted octanol–water partition coefficient (Wildman–Crippen LogP) is 6.49. The van der Waals surface area contributed by atoms with Crippen molar-refractivity contribution in [1.29, 1.82) is 0 Å². The number of aromatic nitrogens is 5. The summed E-state index contributed by atoms with van der Waals surface area (Å²) in [6, 6.07) is 17.3. The number of halogens is 2. The zero-order valence-electron chi connectivity index (χ0n) is 24.8. The average Bonchev–Trinajstić information content (AvgIpc) is 3.70. The number of hydrogen-bond acceptors (Lipinski definition) is 7. The van der Waals surface area contributed by atoms with Crippen LogP contribution in [0.5, 0.6) is 0 Å².